The van der Waals surface area contributed by atoms with Gasteiger partial charge in [-0.1, -0.05) is 6.07 Å². The number of carbonyl (C=O) groups excluding carboxylic acids is 1. The van der Waals surface area contributed by atoms with Gasteiger partial charge in [-0.3, -0.25) is 0 Å². The molecule has 24 heavy (non-hydrogen) atoms. The number of nitriles is 1. The number of anilines is 1. The monoisotopic (exact) mass is 341 g/mol. The molecule has 2 aromatic rings. The van der Waals surface area contributed by atoms with Crippen LogP contribution in [0.25, 0.3) is 0 Å². The normalized spacial score (nSPS) is 11.4. The standard InChI is InChI=1S/C18H18N2O3S/c1-3-23-15-9-6-13(10-16(15)24-2)17(18(21)22)20-14-7-4-12(11-19)5-8-14/h4-10,17,20H,3H2,1-2H3,(H,21,22)/p-1. The van der Waals surface area contributed by atoms with Crippen LogP contribution in [0.1, 0.15) is 24.1 Å². The van der Waals surface area contributed by atoms with E-state index in [-0.39, 0.29) is 0 Å². The van der Waals surface area contributed by atoms with E-state index in [9.17, 15) is 9.90 Å². The lowest BCUT2D eigenvalue weighted by Crippen LogP contribution is -2.34. The highest BCUT2D eigenvalue weighted by molar-refractivity contribution is 7.98. The summed E-state index contributed by atoms with van der Waals surface area (Å²) >= 11 is 1.49. The molecule has 0 bridgehead atoms. The van der Waals surface area contributed by atoms with Crippen LogP contribution in [-0.2, 0) is 4.79 Å². The van der Waals surface area contributed by atoms with Crippen LogP contribution in [0.15, 0.2) is 47.4 Å². The van der Waals surface area contributed by atoms with Crippen molar-refractivity contribution in [1.29, 1.82) is 5.26 Å². The molecule has 0 aliphatic heterocycles. The number of rotatable bonds is 7. The van der Waals surface area contributed by atoms with Gasteiger partial charge in [-0.15, -0.1) is 11.8 Å². The molecule has 1 atom stereocenters. The third-order valence-corrected chi connectivity index (χ3v) is 4.14. The quantitative estimate of drug-likeness (QED) is 0.779. The van der Waals surface area contributed by atoms with Gasteiger partial charge in [0, 0.05) is 10.6 Å². The van der Waals surface area contributed by atoms with Crippen molar-refractivity contribution >= 4 is 23.4 Å². The Hall–Kier alpha value is -2.65. The summed E-state index contributed by atoms with van der Waals surface area (Å²) in [6.07, 6.45) is 1.91. The third kappa shape index (κ3) is 4.21. The number of benzene rings is 2. The minimum Gasteiger partial charge on any atom is -0.548 e. The zero-order valence-corrected chi connectivity index (χ0v) is 14.2. The highest BCUT2D eigenvalue weighted by atomic mass is 32.2. The largest absolute Gasteiger partial charge is 0.548 e. The van der Waals surface area contributed by atoms with Crippen LogP contribution in [0.3, 0.4) is 0 Å². The second-order valence-corrected chi connectivity index (χ2v) is 5.78. The average molecular weight is 341 g/mol. The van der Waals surface area contributed by atoms with Crippen LogP contribution >= 0.6 is 11.8 Å². The molecule has 2 rings (SSSR count). The first-order valence-corrected chi connectivity index (χ1v) is 8.59. The summed E-state index contributed by atoms with van der Waals surface area (Å²) < 4.78 is 5.53. The third-order valence-electron chi connectivity index (χ3n) is 3.38. The predicted octanol–water partition coefficient (Wildman–Crippen LogP) is 2.58. The lowest BCUT2D eigenvalue weighted by molar-refractivity contribution is -0.307. The van der Waals surface area contributed by atoms with Crippen molar-refractivity contribution in [2.45, 2.75) is 17.9 Å². The van der Waals surface area contributed by atoms with Gasteiger partial charge in [0.1, 0.15) is 5.75 Å². The lowest BCUT2D eigenvalue weighted by atomic mass is 10.1. The second-order valence-electron chi connectivity index (χ2n) is 4.93. The number of ether oxygens (including phenoxy) is 1. The van der Waals surface area contributed by atoms with Gasteiger partial charge >= 0.3 is 0 Å². The maximum atomic E-state index is 11.6. The molecule has 0 amide bonds. The van der Waals surface area contributed by atoms with Crippen LogP contribution in [0, 0.1) is 11.3 Å². The van der Waals surface area contributed by atoms with Gasteiger partial charge < -0.3 is 20.0 Å². The van der Waals surface area contributed by atoms with Gasteiger partial charge in [-0.05, 0) is 55.1 Å². The molecule has 0 aromatic heterocycles. The van der Waals surface area contributed by atoms with Crippen molar-refractivity contribution < 1.29 is 14.6 Å². The molecule has 0 heterocycles. The highest BCUT2D eigenvalue weighted by Gasteiger charge is 2.15. The molecule has 0 fully saturated rings. The Morgan fingerprint density at radius 1 is 1.33 bits per heavy atom. The zero-order chi connectivity index (χ0) is 17.5. The van der Waals surface area contributed by atoms with E-state index in [0.29, 0.717) is 23.4 Å². The first kappa shape index (κ1) is 17.7. The fourth-order valence-corrected chi connectivity index (χ4v) is 2.81. The molecule has 0 aliphatic carbocycles. The second kappa shape index (κ2) is 8.27. The molecule has 0 spiro atoms. The van der Waals surface area contributed by atoms with Crippen molar-refractivity contribution in [1.82, 2.24) is 0 Å². The van der Waals surface area contributed by atoms with E-state index in [2.05, 4.69) is 5.32 Å². The molecular weight excluding hydrogens is 324 g/mol. The summed E-state index contributed by atoms with van der Waals surface area (Å²) in [6.45, 7) is 2.44. The maximum absolute atomic E-state index is 11.6. The molecular formula is C18H17N2O3S-. The van der Waals surface area contributed by atoms with Crippen molar-refractivity contribution in [2.75, 3.05) is 18.2 Å². The molecule has 0 saturated carbocycles. The van der Waals surface area contributed by atoms with Crippen LogP contribution in [-0.4, -0.2) is 18.8 Å². The Morgan fingerprint density at radius 2 is 2.04 bits per heavy atom. The van der Waals surface area contributed by atoms with Gasteiger partial charge in [0.15, 0.2) is 0 Å². The van der Waals surface area contributed by atoms with Gasteiger partial charge in [-0.2, -0.15) is 5.26 Å². The summed E-state index contributed by atoms with van der Waals surface area (Å²) in [4.78, 5) is 12.4. The fourth-order valence-electron chi connectivity index (χ4n) is 2.22. The van der Waals surface area contributed by atoms with Gasteiger partial charge in [0.05, 0.1) is 30.3 Å². The van der Waals surface area contributed by atoms with Crippen molar-refractivity contribution in [2.24, 2.45) is 0 Å². The van der Waals surface area contributed by atoms with E-state index >= 15 is 0 Å². The minimum atomic E-state index is -1.23. The van der Waals surface area contributed by atoms with E-state index in [1.165, 1.54) is 11.8 Å². The molecule has 2 aromatic carbocycles. The number of carbonyl (C=O) groups is 1. The van der Waals surface area contributed by atoms with Crippen molar-refractivity contribution in [3.63, 3.8) is 0 Å². The van der Waals surface area contributed by atoms with E-state index in [1.54, 1.807) is 42.5 Å². The average Bonchev–Trinajstić information content (AvgIpc) is 2.60. The maximum Gasteiger partial charge on any atom is 0.132 e. The van der Waals surface area contributed by atoms with Crippen LogP contribution in [0.4, 0.5) is 5.69 Å². The summed E-state index contributed by atoms with van der Waals surface area (Å²) in [5.74, 6) is -0.500. The van der Waals surface area contributed by atoms with E-state index < -0.39 is 12.0 Å². The van der Waals surface area contributed by atoms with Crippen molar-refractivity contribution in [3.8, 4) is 11.8 Å². The fraction of sp³-hybridized carbons (Fsp3) is 0.222. The number of nitrogens with one attached hydrogen (secondary N) is 1. The lowest BCUT2D eigenvalue weighted by Gasteiger charge is -2.22. The highest BCUT2D eigenvalue weighted by Crippen LogP contribution is 2.31. The molecule has 0 aliphatic rings. The first-order chi connectivity index (χ1) is 11.6. The Bertz CT molecular complexity index is 754. The SMILES string of the molecule is CCOc1ccc(C(Nc2ccc(C#N)cc2)C(=O)[O-])cc1SC. The number of hydrogen-bond donors (Lipinski definition) is 1. The zero-order valence-electron chi connectivity index (χ0n) is 13.4. The topological polar surface area (TPSA) is 85.2 Å². The summed E-state index contributed by atoms with van der Waals surface area (Å²) in [5.41, 5.74) is 1.69. The number of thioether (sulfide) groups is 1. The van der Waals surface area contributed by atoms with E-state index in [4.69, 9.17) is 10.00 Å². The van der Waals surface area contributed by atoms with Gasteiger partial charge in [0.2, 0.25) is 0 Å². The van der Waals surface area contributed by atoms with Crippen LogP contribution in [0.2, 0.25) is 0 Å². The number of aliphatic carboxylic acids is 1. The number of carboxylic acids is 1. The Morgan fingerprint density at radius 3 is 2.58 bits per heavy atom. The summed E-state index contributed by atoms with van der Waals surface area (Å²) in [7, 11) is 0. The summed E-state index contributed by atoms with van der Waals surface area (Å²) in [6, 6.07) is 12.9. The van der Waals surface area contributed by atoms with Crippen molar-refractivity contribution in [3.05, 3.63) is 53.6 Å². The summed E-state index contributed by atoms with van der Waals surface area (Å²) in [5, 5.41) is 23.3. The number of hydrogen-bond acceptors (Lipinski definition) is 6. The molecule has 1 unspecified atom stereocenters. The Balaban J connectivity index is 2.29. The van der Waals surface area contributed by atoms with Gasteiger partial charge in [-0.25, -0.2) is 0 Å². The van der Waals surface area contributed by atoms with Crippen LogP contribution in [0.5, 0.6) is 5.75 Å². The Labute approximate surface area is 145 Å². The number of carboxylic acid groups (broad SMARTS) is 1. The van der Waals surface area contributed by atoms with E-state index in [0.717, 1.165) is 10.6 Å². The molecule has 5 nitrogen and oxygen atoms in total. The molecule has 124 valence electrons. The van der Waals surface area contributed by atoms with E-state index in [1.807, 2.05) is 19.2 Å². The smallest absolute Gasteiger partial charge is 0.132 e. The molecule has 1 N–H and O–H groups in total. The number of nitrogens with zero attached hydrogens (tertiary/aromatic N) is 1. The molecule has 0 radical (unpaired) electrons. The first-order valence-electron chi connectivity index (χ1n) is 7.37. The Kier molecular flexibility index (Phi) is 6.10. The van der Waals surface area contributed by atoms with Crippen LogP contribution < -0.4 is 15.2 Å². The minimum absolute atomic E-state index is 0.510. The predicted molar refractivity (Wildman–Crippen MR) is 91.9 cm³/mol. The van der Waals surface area contributed by atoms with Gasteiger partial charge in [0.25, 0.3) is 0 Å². The molecule has 6 heteroatoms. The molecule has 0 saturated heterocycles.